The molecule has 172 valence electrons. The molecule has 1 atom stereocenters. The van der Waals surface area contributed by atoms with Gasteiger partial charge in [0, 0.05) is 50.5 Å². The van der Waals surface area contributed by atoms with Crippen LogP contribution in [0.1, 0.15) is 41.8 Å². The zero-order valence-corrected chi connectivity index (χ0v) is 19.8. The molecule has 6 nitrogen and oxygen atoms in total. The summed E-state index contributed by atoms with van der Waals surface area (Å²) in [5, 5.41) is 3.08. The molecule has 0 aliphatic carbocycles. The molecule has 1 aliphatic heterocycles. The Morgan fingerprint density at radius 2 is 1.73 bits per heavy atom. The van der Waals surface area contributed by atoms with Crippen LogP contribution in [-0.2, 0) is 6.54 Å². The van der Waals surface area contributed by atoms with Gasteiger partial charge in [0.25, 0.3) is 5.91 Å². The third-order valence-electron chi connectivity index (χ3n) is 6.23. The van der Waals surface area contributed by atoms with Crippen molar-refractivity contribution in [3.8, 4) is 11.4 Å². The summed E-state index contributed by atoms with van der Waals surface area (Å²) < 4.78 is 0. The average Bonchev–Trinajstić information content (AvgIpc) is 2.85. The summed E-state index contributed by atoms with van der Waals surface area (Å²) in [6, 6.07) is 18.8. The Morgan fingerprint density at radius 1 is 1.03 bits per heavy atom. The normalized spacial score (nSPS) is 15.3. The van der Waals surface area contributed by atoms with Gasteiger partial charge in [-0.3, -0.25) is 9.69 Å². The van der Waals surface area contributed by atoms with E-state index >= 15 is 0 Å². The highest BCUT2D eigenvalue weighted by Gasteiger charge is 2.25. The number of benzene rings is 2. The third-order valence-corrected chi connectivity index (χ3v) is 6.23. The first kappa shape index (κ1) is 22.9. The highest BCUT2D eigenvalue weighted by atomic mass is 16.1. The van der Waals surface area contributed by atoms with Gasteiger partial charge in [0.05, 0.1) is 0 Å². The Kier molecular flexibility index (Phi) is 7.35. The van der Waals surface area contributed by atoms with Crippen LogP contribution in [0.2, 0.25) is 0 Å². The lowest BCUT2D eigenvalue weighted by Gasteiger charge is -2.36. The van der Waals surface area contributed by atoms with Crippen LogP contribution in [0, 0.1) is 6.92 Å². The van der Waals surface area contributed by atoms with Crippen molar-refractivity contribution >= 4 is 11.7 Å². The van der Waals surface area contributed by atoms with Crippen molar-refractivity contribution in [3.63, 3.8) is 0 Å². The fourth-order valence-corrected chi connectivity index (χ4v) is 3.98. The summed E-state index contributed by atoms with van der Waals surface area (Å²) >= 11 is 0. The van der Waals surface area contributed by atoms with Crippen molar-refractivity contribution < 1.29 is 4.79 Å². The molecule has 1 fully saturated rings. The van der Waals surface area contributed by atoms with Gasteiger partial charge < -0.3 is 10.2 Å². The van der Waals surface area contributed by atoms with E-state index in [4.69, 9.17) is 4.98 Å². The second-order valence-corrected chi connectivity index (χ2v) is 8.83. The minimum absolute atomic E-state index is 0.102. The van der Waals surface area contributed by atoms with E-state index in [0.717, 1.165) is 50.5 Å². The van der Waals surface area contributed by atoms with Gasteiger partial charge in [-0.1, -0.05) is 67.1 Å². The zero-order chi connectivity index (χ0) is 23.2. The van der Waals surface area contributed by atoms with Crippen molar-refractivity contribution in [2.75, 3.05) is 31.1 Å². The topological polar surface area (TPSA) is 61.4 Å². The Hall–Kier alpha value is -3.25. The van der Waals surface area contributed by atoms with E-state index in [1.165, 1.54) is 11.1 Å². The van der Waals surface area contributed by atoms with E-state index in [9.17, 15) is 4.79 Å². The summed E-state index contributed by atoms with van der Waals surface area (Å²) in [6.45, 7) is 10.6. The number of hydrogen-bond acceptors (Lipinski definition) is 5. The molecular weight excluding hydrogens is 410 g/mol. The number of anilines is 1. The number of piperazine rings is 1. The first-order chi connectivity index (χ1) is 16.0. The summed E-state index contributed by atoms with van der Waals surface area (Å²) in [5.74, 6) is 1.26. The summed E-state index contributed by atoms with van der Waals surface area (Å²) in [6.07, 6.45) is 2.56. The van der Waals surface area contributed by atoms with Gasteiger partial charge in [0.15, 0.2) is 5.82 Å². The van der Waals surface area contributed by atoms with E-state index in [1.54, 1.807) is 6.20 Å². The van der Waals surface area contributed by atoms with Crippen molar-refractivity contribution in [3.05, 3.63) is 77.5 Å². The molecular formula is C27H33N5O. The monoisotopic (exact) mass is 443 g/mol. The largest absolute Gasteiger partial charge is 0.353 e. The van der Waals surface area contributed by atoms with Crippen LogP contribution in [-0.4, -0.2) is 53.0 Å². The highest BCUT2D eigenvalue weighted by Crippen LogP contribution is 2.24. The minimum Gasteiger partial charge on any atom is -0.353 e. The molecule has 0 unspecified atom stereocenters. The average molecular weight is 444 g/mol. The van der Waals surface area contributed by atoms with Gasteiger partial charge in [-0.05, 0) is 25.8 Å². The van der Waals surface area contributed by atoms with Gasteiger partial charge in [-0.2, -0.15) is 0 Å². The van der Waals surface area contributed by atoms with Crippen LogP contribution < -0.4 is 10.2 Å². The molecule has 4 rings (SSSR count). The summed E-state index contributed by atoms with van der Waals surface area (Å²) in [4.78, 5) is 27.2. The molecule has 0 spiro atoms. The highest BCUT2D eigenvalue weighted by molar-refractivity contribution is 5.99. The van der Waals surface area contributed by atoms with Crippen LogP contribution in [0.5, 0.6) is 0 Å². The molecule has 1 aromatic heterocycles. The first-order valence-corrected chi connectivity index (χ1v) is 11.8. The lowest BCUT2D eigenvalue weighted by molar-refractivity contribution is 0.0939. The number of carbonyl (C=O) groups is 1. The second-order valence-electron chi connectivity index (χ2n) is 8.83. The van der Waals surface area contributed by atoms with Crippen molar-refractivity contribution in [1.29, 1.82) is 0 Å². The number of nitrogens with zero attached hydrogens (tertiary/aromatic N) is 4. The second kappa shape index (κ2) is 10.6. The Bertz CT molecular complexity index is 1060. The van der Waals surface area contributed by atoms with Crippen molar-refractivity contribution in [2.45, 2.75) is 39.8 Å². The van der Waals surface area contributed by atoms with Crippen molar-refractivity contribution in [2.24, 2.45) is 0 Å². The number of hydrogen-bond donors (Lipinski definition) is 1. The van der Waals surface area contributed by atoms with Crippen LogP contribution >= 0.6 is 0 Å². The third kappa shape index (κ3) is 5.76. The maximum atomic E-state index is 13.0. The van der Waals surface area contributed by atoms with Gasteiger partial charge in [0.1, 0.15) is 11.4 Å². The summed E-state index contributed by atoms with van der Waals surface area (Å²) in [5.41, 5.74) is 4.02. The maximum absolute atomic E-state index is 13.0. The molecule has 1 N–H and O–H groups in total. The van der Waals surface area contributed by atoms with Gasteiger partial charge >= 0.3 is 0 Å². The number of rotatable bonds is 7. The Morgan fingerprint density at radius 3 is 2.39 bits per heavy atom. The number of carbonyl (C=O) groups excluding carboxylic acids is 1. The zero-order valence-electron chi connectivity index (χ0n) is 19.8. The van der Waals surface area contributed by atoms with Gasteiger partial charge in [-0.15, -0.1) is 0 Å². The maximum Gasteiger partial charge on any atom is 0.256 e. The predicted octanol–water partition coefficient (Wildman–Crippen LogP) is 4.30. The van der Waals surface area contributed by atoms with Gasteiger partial charge in [-0.25, -0.2) is 9.97 Å². The number of aryl methyl sites for hydroxylation is 1. The first-order valence-electron chi connectivity index (χ1n) is 11.8. The Balaban J connectivity index is 1.56. The number of nitrogens with one attached hydrogen (secondary N) is 1. The molecule has 1 aliphatic rings. The summed E-state index contributed by atoms with van der Waals surface area (Å²) in [7, 11) is 0. The molecule has 1 amide bonds. The molecule has 3 aromatic rings. The molecule has 6 heteroatoms. The molecule has 33 heavy (non-hydrogen) atoms. The van der Waals surface area contributed by atoms with Crippen LogP contribution in [0.3, 0.4) is 0 Å². The minimum atomic E-state index is -0.110. The molecule has 0 bridgehead atoms. The molecule has 0 saturated carbocycles. The quantitative estimate of drug-likeness (QED) is 0.590. The lowest BCUT2D eigenvalue weighted by Crippen LogP contribution is -2.47. The SMILES string of the molecule is CC[C@@H](C)NC(=O)c1cnc(-c2ccc(C)cc2)nc1N1CCN(Cc2ccccc2)CC1. The predicted molar refractivity (Wildman–Crippen MR) is 133 cm³/mol. The van der Waals surface area contributed by atoms with Crippen molar-refractivity contribution in [1.82, 2.24) is 20.2 Å². The fourth-order valence-electron chi connectivity index (χ4n) is 3.98. The van der Waals surface area contributed by atoms with E-state index in [-0.39, 0.29) is 11.9 Å². The molecule has 2 aromatic carbocycles. The van der Waals surface area contributed by atoms with E-state index < -0.39 is 0 Å². The molecule has 2 heterocycles. The van der Waals surface area contributed by atoms with Crippen LogP contribution in [0.25, 0.3) is 11.4 Å². The van der Waals surface area contributed by atoms with E-state index in [2.05, 4.69) is 70.3 Å². The van der Waals surface area contributed by atoms with Crippen LogP contribution in [0.15, 0.2) is 60.8 Å². The number of amides is 1. The van der Waals surface area contributed by atoms with Crippen LogP contribution in [0.4, 0.5) is 5.82 Å². The van der Waals surface area contributed by atoms with E-state index in [1.807, 2.05) is 25.1 Å². The Labute approximate surface area is 196 Å². The van der Waals surface area contributed by atoms with E-state index in [0.29, 0.717) is 11.4 Å². The van der Waals surface area contributed by atoms with Gasteiger partial charge in [0.2, 0.25) is 0 Å². The number of aromatic nitrogens is 2. The fraction of sp³-hybridized carbons (Fsp3) is 0.370. The lowest BCUT2D eigenvalue weighted by atomic mass is 10.1. The molecule has 0 radical (unpaired) electrons. The smallest absolute Gasteiger partial charge is 0.256 e. The standard InChI is InChI=1S/C27H33N5O/c1-4-21(3)29-27(33)24-18-28-25(23-12-10-20(2)11-13-23)30-26(24)32-16-14-31(15-17-32)19-22-8-6-5-7-9-22/h5-13,18,21H,4,14-17,19H2,1-3H3,(H,29,33)/t21-/m1/s1. The molecule has 1 saturated heterocycles.